The van der Waals surface area contributed by atoms with Gasteiger partial charge >= 0.3 is 0 Å². The first-order valence-corrected chi connectivity index (χ1v) is 7.51. The maximum absolute atomic E-state index is 13.5. The van der Waals surface area contributed by atoms with Crippen LogP contribution < -0.4 is 5.32 Å². The molecule has 1 saturated heterocycles. The molecule has 0 radical (unpaired) electrons. The number of piperidine rings is 1. The van der Waals surface area contributed by atoms with Crippen molar-refractivity contribution in [3.05, 3.63) is 34.3 Å². The molecular formula is C14H15BrFN3O. The molecule has 0 spiro atoms. The summed E-state index contributed by atoms with van der Waals surface area (Å²) >= 11 is 3.21. The second-order valence-electron chi connectivity index (χ2n) is 5.03. The van der Waals surface area contributed by atoms with Crippen LogP contribution in [-0.2, 0) is 6.42 Å². The molecule has 1 aromatic heterocycles. The second-order valence-corrected chi connectivity index (χ2v) is 5.83. The first-order chi connectivity index (χ1) is 9.74. The van der Waals surface area contributed by atoms with E-state index in [2.05, 4.69) is 31.4 Å². The number of rotatable bonds is 3. The van der Waals surface area contributed by atoms with Crippen molar-refractivity contribution in [2.45, 2.75) is 19.3 Å². The van der Waals surface area contributed by atoms with Crippen LogP contribution in [0.4, 0.5) is 4.39 Å². The van der Waals surface area contributed by atoms with Crippen LogP contribution in [0, 0.1) is 11.7 Å². The molecule has 0 saturated carbocycles. The number of hydrogen-bond donors (Lipinski definition) is 1. The summed E-state index contributed by atoms with van der Waals surface area (Å²) < 4.78 is 19.1. The molecule has 1 aliphatic heterocycles. The first kappa shape index (κ1) is 13.7. The zero-order valence-corrected chi connectivity index (χ0v) is 12.5. The Morgan fingerprint density at radius 3 is 3.15 bits per heavy atom. The number of nitrogens with one attached hydrogen (secondary N) is 1. The lowest BCUT2D eigenvalue weighted by Crippen LogP contribution is -2.31. The Labute approximate surface area is 124 Å². The molecule has 6 heteroatoms. The summed E-state index contributed by atoms with van der Waals surface area (Å²) in [4.78, 5) is 4.37. The van der Waals surface area contributed by atoms with Gasteiger partial charge in [0.1, 0.15) is 5.82 Å². The summed E-state index contributed by atoms with van der Waals surface area (Å²) in [6, 6.07) is 4.77. The maximum Gasteiger partial charge on any atom is 0.259 e. The highest BCUT2D eigenvalue weighted by molar-refractivity contribution is 9.10. The van der Waals surface area contributed by atoms with E-state index >= 15 is 0 Å². The highest BCUT2D eigenvalue weighted by atomic mass is 79.9. The highest BCUT2D eigenvalue weighted by Gasteiger charge is 2.18. The third kappa shape index (κ3) is 2.91. The standard InChI is InChI=1S/C14H15BrFN3O/c15-13-10(4-1-5-11(13)16)14-18-12(19-20-14)7-9-3-2-6-17-8-9/h1,4-5,9,17H,2-3,6-8H2. The largest absolute Gasteiger partial charge is 0.334 e. The van der Waals surface area contributed by atoms with Gasteiger partial charge < -0.3 is 9.84 Å². The van der Waals surface area contributed by atoms with Crippen LogP contribution in [0.3, 0.4) is 0 Å². The van der Waals surface area contributed by atoms with E-state index in [0.717, 1.165) is 19.5 Å². The molecule has 1 aromatic carbocycles. The van der Waals surface area contributed by atoms with Gasteiger partial charge in [-0.1, -0.05) is 11.2 Å². The highest BCUT2D eigenvalue weighted by Crippen LogP contribution is 2.29. The second kappa shape index (κ2) is 6.01. The minimum atomic E-state index is -0.335. The van der Waals surface area contributed by atoms with Gasteiger partial charge in [-0.15, -0.1) is 0 Å². The Hall–Kier alpha value is -1.27. The molecule has 20 heavy (non-hydrogen) atoms. The van der Waals surface area contributed by atoms with Crippen molar-refractivity contribution in [2.75, 3.05) is 13.1 Å². The van der Waals surface area contributed by atoms with Crippen molar-refractivity contribution in [1.82, 2.24) is 15.5 Å². The van der Waals surface area contributed by atoms with E-state index in [4.69, 9.17) is 4.52 Å². The number of nitrogens with zero attached hydrogens (tertiary/aromatic N) is 2. The Kier molecular flexibility index (Phi) is 4.12. The third-order valence-electron chi connectivity index (χ3n) is 3.52. The quantitative estimate of drug-likeness (QED) is 0.932. The van der Waals surface area contributed by atoms with Crippen LogP contribution in [0.15, 0.2) is 27.2 Å². The van der Waals surface area contributed by atoms with E-state index < -0.39 is 0 Å². The molecule has 1 unspecified atom stereocenters. The van der Waals surface area contributed by atoms with Crippen LogP contribution in [0.5, 0.6) is 0 Å². The zero-order valence-electron chi connectivity index (χ0n) is 10.9. The fraction of sp³-hybridized carbons (Fsp3) is 0.429. The van der Waals surface area contributed by atoms with E-state index in [9.17, 15) is 4.39 Å². The lowest BCUT2D eigenvalue weighted by molar-refractivity contribution is 0.360. The van der Waals surface area contributed by atoms with Gasteiger partial charge in [0.05, 0.1) is 10.0 Å². The van der Waals surface area contributed by atoms with E-state index in [1.54, 1.807) is 12.1 Å². The smallest absolute Gasteiger partial charge is 0.259 e. The number of hydrogen-bond acceptors (Lipinski definition) is 4. The Morgan fingerprint density at radius 1 is 1.45 bits per heavy atom. The fourth-order valence-electron chi connectivity index (χ4n) is 2.47. The van der Waals surface area contributed by atoms with Crippen molar-refractivity contribution in [3.63, 3.8) is 0 Å². The summed E-state index contributed by atoms with van der Waals surface area (Å²) in [5, 5.41) is 7.37. The van der Waals surface area contributed by atoms with Gasteiger partial charge in [0.25, 0.3) is 5.89 Å². The summed E-state index contributed by atoms with van der Waals surface area (Å²) in [6.45, 7) is 2.08. The van der Waals surface area contributed by atoms with Crippen LogP contribution in [0.25, 0.3) is 11.5 Å². The van der Waals surface area contributed by atoms with Gasteiger partial charge in [0.2, 0.25) is 0 Å². The number of aromatic nitrogens is 2. The zero-order chi connectivity index (χ0) is 13.9. The molecule has 3 rings (SSSR count). The van der Waals surface area contributed by atoms with Crippen LogP contribution in [-0.4, -0.2) is 23.2 Å². The maximum atomic E-state index is 13.5. The Balaban J connectivity index is 1.77. The molecule has 1 atom stereocenters. The molecular weight excluding hydrogens is 325 g/mol. The fourth-order valence-corrected chi connectivity index (χ4v) is 2.91. The molecule has 4 nitrogen and oxygen atoms in total. The van der Waals surface area contributed by atoms with Gasteiger partial charge in [0.15, 0.2) is 5.82 Å². The lowest BCUT2D eigenvalue weighted by atomic mass is 9.96. The minimum absolute atomic E-state index is 0.335. The molecule has 1 fully saturated rings. The molecule has 106 valence electrons. The molecule has 1 aliphatic rings. The molecule has 2 aromatic rings. The van der Waals surface area contributed by atoms with Gasteiger partial charge in [-0.05, 0) is 59.9 Å². The summed E-state index contributed by atoms with van der Waals surface area (Å²) in [7, 11) is 0. The average Bonchev–Trinajstić information content (AvgIpc) is 2.91. The molecule has 0 bridgehead atoms. The van der Waals surface area contributed by atoms with Gasteiger partial charge in [-0.3, -0.25) is 0 Å². The minimum Gasteiger partial charge on any atom is -0.334 e. The molecule has 2 heterocycles. The van der Waals surface area contributed by atoms with Crippen molar-refractivity contribution in [2.24, 2.45) is 5.92 Å². The predicted molar refractivity (Wildman–Crippen MR) is 76.7 cm³/mol. The monoisotopic (exact) mass is 339 g/mol. The summed E-state index contributed by atoms with van der Waals surface area (Å²) in [5.41, 5.74) is 0.588. The SMILES string of the molecule is Fc1cccc(-c2nc(CC3CCCNC3)no2)c1Br. The molecule has 0 aliphatic carbocycles. The van der Waals surface area contributed by atoms with Crippen molar-refractivity contribution < 1.29 is 8.91 Å². The Morgan fingerprint density at radius 2 is 2.35 bits per heavy atom. The van der Waals surface area contributed by atoms with Crippen LogP contribution in [0.1, 0.15) is 18.7 Å². The van der Waals surface area contributed by atoms with Crippen molar-refractivity contribution in [1.29, 1.82) is 0 Å². The van der Waals surface area contributed by atoms with E-state index in [1.165, 1.54) is 18.9 Å². The molecule has 0 amide bonds. The lowest BCUT2D eigenvalue weighted by Gasteiger charge is -2.20. The predicted octanol–water partition coefficient (Wildman–Crippen LogP) is 3.18. The molecule has 1 N–H and O–H groups in total. The van der Waals surface area contributed by atoms with E-state index in [1.807, 2.05) is 0 Å². The van der Waals surface area contributed by atoms with Crippen LogP contribution >= 0.6 is 15.9 Å². The van der Waals surface area contributed by atoms with E-state index in [0.29, 0.717) is 27.7 Å². The van der Waals surface area contributed by atoms with Gasteiger partial charge in [0, 0.05) is 6.42 Å². The third-order valence-corrected chi connectivity index (χ3v) is 4.33. The average molecular weight is 340 g/mol. The topological polar surface area (TPSA) is 51.0 Å². The van der Waals surface area contributed by atoms with Crippen LogP contribution in [0.2, 0.25) is 0 Å². The van der Waals surface area contributed by atoms with Crippen molar-refractivity contribution in [3.8, 4) is 11.5 Å². The number of benzene rings is 1. The Bertz CT molecular complexity index is 596. The van der Waals surface area contributed by atoms with E-state index in [-0.39, 0.29) is 5.82 Å². The first-order valence-electron chi connectivity index (χ1n) is 6.71. The summed E-state index contributed by atoms with van der Waals surface area (Å²) in [6.07, 6.45) is 3.16. The summed E-state index contributed by atoms with van der Waals surface area (Å²) in [5.74, 6) is 1.25. The normalized spacial score (nSPS) is 19.2. The number of halogens is 2. The van der Waals surface area contributed by atoms with Gasteiger partial charge in [-0.2, -0.15) is 4.98 Å². The van der Waals surface area contributed by atoms with Gasteiger partial charge in [-0.25, -0.2) is 4.39 Å². The van der Waals surface area contributed by atoms with Crippen molar-refractivity contribution >= 4 is 15.9 Å².